The normalized spacial score (nSPS) is 13.7. The van der Waals surface area contributed by atoms with Gasteiger partial charge in [0.05, 0.1) is 31.0 Å². The quantitative estimate of drug-likeness (QED) is 0.389. The summed E-state index contributed by atoms with van der Waals surface area (Å²) in [6.07, 6.45) is 0. The van der Waals surface area contributed by atoms with Gasteiger partial charge in [0, 0.05) is 35.4 Å². The predicted octanol–water partition coefficient (Wildman–Crippen LogP) is 6.14. The molecule has 0 aliphatic carbocycles. The van der Waals surface area contributed by atoms with Gasteiger partial charge in [-0.3, -0.25) is 0 Å². The second-order valence-corrected chi connectivity index (χ2v) is 8.71. The average molecular weight is 518 g/mol. The van der Waals surface area contributed by atoms with E-state index >= 15 is 0 Å². The molecule has 3 aromatic rings. The van der Waals surface area contributed by atoms with E-state index in [0.29, 0.717) is 24.7 Å². The first-order valence-electron chi connectivity index (χ1n) is 10.5. The molecule has 1 aliphatic heterocycles. The highest BCUT2D eigenvalue weighted by Crippen LogP contribution is 2.38. The molecule has 32 heavy (non-hydrogen) atoms. The van der Waals surface area contributed by atoms with E-state index < -0.39 is 0 Å². The largest absolute Gasteiger partial charge is 0.493 e. The van der Waals surface area contributed by atoms with Gasteiger partial charge in [-0.05, 0) is 35.9 Å². The van der Waals surface area contributed by atoms with Crippen molar-refractivity contribution in [3.05, 3.63) is 81.3 Å². The summed E-state index contributed by atoms with van der Waals surface area (Å²) in [5.41, 5.74) is 4.05. The van der Waals surface area contributed by atoms with Crippen molar-refractivity contribution in [3.8, 4) is 11.5 Å². The monoisotopic (exact) mass is 516 g/mol. The second-order valence-electron chi connectivity index (χ2n) is 7.45. The fraction of sp³-hybridized carbons (Fsp3) is 0.280. The number of nitrogens with zero attached hydrogens (tertiary/aromatic N) is 1. The number of rotatable bonds is 8. The fourth-order valence-corrected chi connectivity index (χ4v) is 4.42. The van der Waals surface area contributed by atoms with Crippen molar-refractivity contribution in [3.63, 3.8) is 0 Å². The smallest absolute Gasteiger partial charge is 0.167 e. The summed E-state index contributed by atoms with van der Waals surface area (Å²) >= 11 is 10.3. The molecule has 0 spiro atoms. The molecule has 0 aromatic heterocycles. The van der Waals surface area contributed by atoms with Crippen molar-refractivity contribution < 1.29 is 14.2 Å². The van der Waals surface area contributed by atoms with Crippen LogP contribution in [0.1, 0.15) is 11.1 Å². The molecular weight excluding hydrogens is 492 g/mol. The minimum Gasteiger partial charge on any atom is -0.493 e. The first kappa shape index (κ1) is 22.8. The number of ether oxygens (including phenoxy) is 3. The molecule has 1 aliphatic rings. The maximum absolute atomic E-state index is 6.60. The van der Waals surface area contributed by atoms with E-state index in [1.165, 1.54) is 0 Å². The molecule has 3 aromatic carbocycles. The van der Waals surface area contributed by atoms with Crippen LogP contribution in [0.4, 0.5) is 11.4 Å². The number of methoxy groups -OCH3 is 1. The van der Waals surface area contributed by atoms with Crippen LogP contribution in [0.15, 0.2) is 65.1 Å². The summed E-state index contributed by atoms with van der Waals surface area (Å²) < 4.78 is 18.2. The molecule has 0 unspecified atom stereocenters. The number of anilines is 2. The molecule has 0 saturated carbocycles. The van der Waals surface area contributed by atoms with Crippen LogP contribution in [0.2, 0.25) is 5.02 Å². The Bertz CT molecular complexity index is 1040. The Hall–Kier alpha value is -2.41. The van der Waals surface area contributed by atoms with Gasteiger partial charge in [-0.2, -0.15) is 0 Å². The van der Waals surface area contributed by atoms with E-state index in [1.807, 2.05) is 48.5 Å². The highest BCUT2D eigenvalue weighted by Gasteiger charge is 2.17. The SMILES string of the molecule is COc1ccc(Br)c(CNc2ccc(N3CCOCC3)c(Cl)c2)c1OCc1ccccc1. The van der Waals surface area contributed by atoms with E-state index in [2.05, 4.69) is 38.3 Å². The van der Waals surface area contributed by atoms with Crippen molar-refractivity contribution in [2.24, 2.45) is 0 Å². The van der Waals surface area contributed by atoms with Crippen molar-refractivity contribution in [1.29, 1.82) is 0 Å². The minimum absolute atomic E-state index is 0.459. The standard InChI is InChI=1S/C25H26BrClN2O3/c1-30-24-10-8-21(26)20(25(24)32-17-18-5-3-2-4-6-18)16-28-19-7-9-23(22(27)15-19)29-11-13-31-14-12-29/h2-10,15,28H,11-14,16-17H2,1H3. The minimum atomic E-state index is 0.459. The zero-order valence-corrected chi connectivity index (χ0v) is 20.3. The fourth-order valence-electron chi connectivity index (χ4n) is 3.66. The van der Waals surface area contributed by atoms with Gasteiger partial charge in [0.2, 0.25) is 0 Å². The van der Waals surface area contributed by atoms with E-state index in [1.54, 1.807) is 7.11 Å². The van der Waals surface area contributed by atoms with Crippen molar-refractivity contribution in [2.45, 2.75) is 13.2 Å². The van der Waals surface area contributed by atoms with Gasteiger partial charge in [0.15, 0.2) is 11.5 Å². The molecule has 0 bridgehead atoms. The summed E-state index contributed by atoms with van der Waals surface area (Å²) in [4.78, 5) is 2.25. The van der Waals surface area contributed by atoms with Crippen LogP contribution in [0.25, 0.3) is 0 Å². The molecule has 0 radical (unpaired) electrons. The third-order valence-corrected chi connectivity index (χ3v) is 6.43. The Morgan fingerprint density at radius 2 is 1.84 bits per heavy atom. The molecule has 1 fully saturated rings. The topological polar surface area (TPSA) is 43.0 Å². The number of morpholine rings is 1. The van der Waals surface area contributed by atoms with Crippen LogP contribution in [-0.4, -0.2) is 33.4 Å². The first-order chi connectivity index (χ1) is 15.7. The molecule has 5 nitrogen and oxygen atoms in total. The molecule has 1 N–H and O–H groups in total. The van der Waals surface area contributed by atoms with Crippen LogP contribution in [0.5, 0.6) is 11.5 Å². The number of nitrogens with one attached hydrogen (secondary N) is 1. The maximum Gasteiger partial charge on any atom is 0.167 e. The number of benzene rings is 3. The second kappa shape index (κ2) is 10.9. The van der Waals surface area contributed by atoms with Gasteiger partial charge in [0.25, 0.3) is 0 Å². The van der Waals surface area contributed by atoms with E-state index in [9.17, 15) is 0 Å². The molecule has 1 saturated heterocycles. The Morgan fingerprint density at radius 3 is 2.56 bits per heavy atom. The lowest BCUT2D eigenvalue weighted by atomic mass is 10.1. The number of hydrogen-bond donors (Lipinski definition) is 1. The Kier molecular flexibility index (Phi) is 7.79. The van der Waals surface area contributed by atoms with E-state index in [-0.39, 0.29) is 0 Å². The molecule has 0 atom stereocenters. The van der Waals surface area contributed by atoms with E-state index in [0.717, 1.165) is 58.3 Å². The van der Waals surface area contributed by atoms with E-state index in [4.69, 9.17) is 25.8 Å². The van der Waals surface area contributed by atoms with Gasteiger partial charge in [-0.1, -0.05) is 57.9 Å². The van der Waals surface area contributed by atoms with Crippen molar-refractivity contribution in [2.75, 3.05) is 43.6 Å². The third-order valence-electron chi connectivity index (χ3n) is 5.38. The van der Waals surface area contributed by atoms with Crippen molar-refractivity contribution in [1.82, 2.24) is 0 Å². The Morgan fingerprint density at radius 1 is 1.06 bits per heavy atom. The summed E-state index contributed by atoms with van der Waals surface area (Å²) in [7, 11) is 1.65. The number of halogens is 2. The van der Waals surface area contributed by atoms with Gasteiger partial charge in [0.1, 0.15) is 6.61 Å². The lowest BCUT2D eigenvalue weighted by molar-refractivity contribution is 0.122. The molecule has 168 valence electrons. The molecular formula is C25H26BrClN2O3. The van der Waals surface area contributed by atoms with Crippen LogP contribution in [0.3, 0.4) is 0 Å². The Labute approximate surface area is 202 Å². The van der Waals surface area contributed by atoms with Crippen LogP contribution < -0.4 is 19.7 Å². The van der Waals surface area contributed by atoms with Crippen LogP contribution in [0, 0.1) is 0 Å². The van der Waals surface area contributed by atoms with Gasteiger partial charge in [-0.15, -0.1) is 0 Å². The summed E-state index contributed by atoms with van der Waals surface area (Å²) in [5, 5.41) is 4.19. The summed E-state index contributed by atoms with van der Waals surface area (Å²) in [5.74, 6) is 1.41. The highest BCUT2D eigenvalue weighted by atomic mass is 79.9. The highest BCUT2D eigenvalue weighted by molar-refractivity contribution is 9.10. The Balaban J connectivity index is 1.50. The zero-order chi connectivity index (χ0) is 22.3. The molecule has 1 heterocycles. The van der Waals surface area contributed by atoms with Gasteiger partial charge < -0.3 is 24.4 Å². The van der Waals surface area contributed by atoms with Crippen LogP contribution >= 0.6 is 27.5 Å². The lowest BCUT2D eigenvalue weighted by Gasteiger charge is -2.29. The zero-order valence-electron chi connectivity index (χ0n) is 17.9. The lowest BCUT2D eigenvalue weighted by Crippen LogP contribution is -2.36. The first-order valence-corrected chi connectivity index (χ1v) is 11.7. The summed E-state index contributed by atoms with van der Waals surface area (Å²) in [6, 6.07) is 20.0. The predicted molar refractivity (Wildman–Crippen MR) is 133 cm³/mol. The van der Waals surface area contributed by atoms with Gasteiger partial charge in [-0.25, -0.2) is 0 Å². The molecule has 4 rings (SSSR count). The third kappa shape index (κ3) is 5.49. The number of hydrogen-bond acceptors (Lipinski definition) is 5. The van der Waals surface area contributed by atoms with Gasteiger partial charge >= 0.3 is 0 Å². The van der Waals surface area contributed by atoms with Crippen molar-refractivity contribution >= 4 is 38.9 Å². The maximum atomic E-state index is 6.60. The molecule has 0 amide bonds. The van der Waals surface area contributed by atoms with Crippen LogP contribution in [-0.2, 0) is 17.9 Å². The molecule has 7 heteroatoms. The summed E-state index contributed by atoms with van der Waals surface area (Å²) in [6.45, 7) is 4.17. The average Bonchev–Trinajstić information content (AvgIpc) is 2.83.